The summed E-state index contributed by atoms with van der Waals surface area (Å²) in [4.78, 5) is 4.31. The van der Waals surface area contributed by atoms with Gasteiger partial charge in [0.1, 0.15) is 12.4 Å². The molecule has 0 radical (unpaired) electrons. The van der Waals surface area contributed by atoms with Crippen molar-refractivity contribution in [1.29, 1.82) is 0 Å². The lowest BCUT2D eigenvalue weighted by Crippen LogP contribution is -2.00. The zero-order valence-electron chi connectivity index (χ0n) is 11.7. The van der Waals surface area contributed by atoms with Gasteiger partial charge >= 0.3 is 0 Å². The van der Waals surface area contributed by atoms with Crippen LogP contribution in [0.15, 0.2) is 60.8 Å². The number of hydrogen-bond donors (Lipinski definition) is 1. The van der Waals surface area contributed by atoms with E-state index in [1.165, 1.54) is 0 Å². The maximum absolute atomic E-state index is 9.09. The molecule has 0 aliphatic carbocycles. The molecule has 3 rings (SSSR count). The molecule has 1 heterocycles. The summed E-state index contributed by atoms with van der Waals surface area (Å²) in [5, 5.41) is 10.2. The Morgan fingerprint density at radius 3 is 2.81 bits per heavy atom. The molecule has 0 bridgehead atoms. The Kier molecular flexibility index (Phi) is 4.12. The lowest BCUT2D eigenvalue weighted by molar-refractivity contribution is 0.284. The van der Waals surface area contributed by atoms with E-state index >= 15 is 0 Å². The third kappa shape index (κ3) is 3.20. The summed E-state index contributed by atoms with van der Waals surface area (Å²) in [5.74, 6) is 0.831. The first-order valence-electron chi connectivity index (χ1n) is 7.02. The van der Waals surface area contributed by atoms with Crippen LogP contribution in [0.1, 0.15) is 11.1 Å². The van der Waals surface area contributed by atoms with Gasteiger partial charge in [-0.2, -0.15) is 0 Å². The highest BCUT2D eigenvalue weighted by Gasteiger charge is 2.03. The van der Waals surface area contributed by atoms with Crippen molar-refractivity contribution in [3.8, 4) is 5.75 Å². The molecule has 106 valence electrons. The number of benzene rings is 2. The van der Waals surface area contributed by atoms with Crippen molar-refractivity contribution >= 4 is 10.9 Å². The fraction of sp³-hybridized carbons (Fsp3) is 0.167. The van der Waals surface area contributed by atoms with Gasteiger partial charge < -0.3 is 9.84 Å². The Labute approximate surface area is 123 Å². The van der Waals surface area contributed by atoms with E-state index in [9.17, 15) is 0 Å². The molecule has 21 heavy (non-hydrogen) atoms. The number of aromatic nitrogens is 1. The number of hydrogen-bond acceptors (Lipinski definition) is 3. The molecule has 0 amide bonds. The lowest BCUT2D eigenvalue weighted by atomic mass is 10.1. The van der Waals surface area contributed by atoms with E-state index in [0.29, 0.717) is 13.0 Å². The Morgan fingerprint density at radius 2 is 1.90 bits per heavy atom. The van der Waals surface area contributed by atoms with Crippen LogP contribution in [0.4, 0.5) is 0 Å². The second-order valence-corrected chi connectivity index (χ2v) is 4.90. The molecule has 0 unspecified atom stereocenters. The van der Waals surface area contributed by atoms with Crippen molar-refractivity contribution in [2.75, 3.05) is 6.61 Å². The van der Waals surface area contributed by atoms with Crippen LogP contribution in [0.25, 0.3) is 10.9 Å². The molecule has 3 nitrogen and oxygen atoms in total. The van der Waals surface area contributed by atoms with E-state index in [4.69, 9.17) is 9.84 Å². The van der Waals surface area contributed by atoms with E-state index < -0.39 is 0 Å². The number of rotatable bonds is 5. The fourth-order valence-electron chi connectivity index (χ4n) is 2.35. The first kappa shape index (κ1) is 13.6. The van der Waals surface area contributed by atoms with Crippen molar-refractivity contribution in [2.45, 2.75) is 13.0 Å². The second kappa shape index (κ2) is 6.37. The average molecular weight is 279 g/mol. The summed E-state index contributed by atoms with van der Waals surface area (Å²) in [6, 6.07) is 17.9. The van der Waals surface area contributed by atoms with Gasteiger partial charge in [-0.25, -0.2) is 0 Å². The molecule has 3 heteroatoms. The topological polar surface area (TPSA) is 42.4 Å². The molecule has 2 aromatic carbocycles. The summed E-state index contributed by atoms with van der Waals surface area (Å²) >= 11 is 0. The zero-order valence-corrected chi connectivity index (χ0v) is 11.7. The number of pyridine rings is 1. The maximum atomic E-state index is 9.09. The molecule has 1 aromatic heterocycles. The van der Waals surface area contributed by atoms with E-state index in [0.717, 1.165) is 27.8 Å². The van der Waals surface area contributed by atoms with Gasteiger partial charge in [-0.15, -0.1) is 0 Å². The van der Waals surface area contributed by atoms with Crippen molar-refractivity contribution in [1.82, 2.24) is 4.98 Å². The third-order valence-electron chi connectivity index (χ3n) is 3.42. The highest BCUT2D eigenvalue weighted by Crippen LogP contribution is 2.21. The van der Waals surface area contributed by atoms with E-state index in [1.54, 1.807) is 6.20 Å². The Bertz CT molecular complexity index is 740. The molecule has 1 N–H and O–H groups in total. The van der Waals surface area contributed by atoms with Crippen molar-refractivity contribution in [3.63, 3.8) is 0 Å². The third-order valence-corrected chi connectivity index (χ3v) is 3.42. The first-order valence-corrected chi connectivity index (χ1v) is 7.02. The molecule has 0 atom stereocenters. The number of aliphatic hydroxyl groups is 1. The SMILES string of the molecule is OCCc1ccccc1OCc1ccc2ncccc2c1. The van der Waals surface area contributed by atoms with Gasteiger partial charge in [0, 0.05) is 18.2 Å². The van der Waals surface area contributed by atoms with Gasteiger partial charge in [-0.1, -0.05) is 30.3 Å². The van der Waals surface area contributed by atoms with Gasteiger partial charge in [0.2, 0.25) is 0 Å². The summed E-state index contributed by atoms with van der Waals surface area (Å²) < 4.78 is 5.89. The highest BCUT2D eigenvalue weighted by molar-refractivity contribution is 5.78. The van der Waals surface area contributed by atoms with Gasteiger partial charge in [-0.05, 0) is 41.8 Å². The van der Waals surface area contributed by atoms with Crippen LogP contribution >= 0.6 is 0 Å². The minimum atomic E-state index is 0.127. The molecule has 3 aromatic rings. The van der Waals surface area contributed by atoms with Crippen molar-refractivity contribution in [3.05, 3.63) is 71.9 Å². The minimum absolute atomic E-state index is 0.127. The summed E-state index contributed by atoms with van der Waals surface area (Å²) in [7, 11) is 0. The van der Waals surface area contributed by atoms with Crippen LogP contribution in [-0.2, 0) is 13.0 Å². The standard InChI is InChI=1S/C18H17NO2/c20-11-9-15-4-1-2-6-18(15)21-13-14-7-8-17-16(12-14)5-3-10-19-17/h1-8,10,12,20H,9,11,13H2. The van der Waals surface area contributed by atoms with Gasteiger partial charge in [-0.3, -0.25) is 4.98 Å². The van der Waals surface area contributed by atoms with Crippen LogP contribution in [0.3, 0.4) is 0 Å². The predicted molar refractivity (Wildman–Crippen MR) is 83.3 cm³/mol. The average Bonchev–Trinajstić information content (AvgIpc) is 2.54. The van der Waals surface area contributed by atoms with Crippen LogP contribution in [0.5, 0.6) is 5.75 Å². The van der Waals surface area contributed by atoms with E-state index in [1.807, 2.05) is 48.5 Å². The number of para-hydroxylation sites is 1. The molecule has 0 saturated heterocycles. The smallest absolute Gasteiger partial charge is 0.123 e. The van der Waals surface area contributed by atoms with Gasteiger partial charge in [0.05, 0.1) is 5.52 Å². The monoisotopic (exact) mass is 279 g/mol. The zero-order chi connectivity index (χ0) is 14.5. The van der Waals surface area contributed by atoms with Crippen LogP contribution in [0, 0.1) is 0 Å². The maximum Gasteiger partial charge on any atom is 0.123 e. The molecule has 0 spiro atoms. The van der Waals surface area contributed by atoms with Gasteiger partial charge in [0.15, 0.2) is 0 Å². The van der Waals surface area contributed by atoms with Crippen LogP contribution in [0.2, 0.25) is 0 Å². The summed E-state index contributed by atoms with van der Waals surface area (Å²) in [5.41, 5.74) is 3.12. The Hall–Kier alpha value is -2.39. The van der Waals surface area contributed by atoms with Crippen LogP contribution < -0.4 is 4.74 Å². The Morgan fingerprint density at radius 1 is 1.00 bits per heavy atom. The summed E-state index contributed by atoms with van der Waals surface area (Å²) in [6.45, 7) is 0.634. The van der Waals surface area contributed by atoms with Crippen molar-refractivity contribution < 1.29 is 9.84 Å². The largest absolute Gasteiger partial charge is 0.489 e. The molecule has 0 aliphatic heterocycles. The normalized spacial score (nSPS) is 10.7. The number of ether oxygens (including phenoxy) is 1. The molecule has 0 aliphatic rings. The van der Waals surface area contributed by atoms with Crippen molar-refractivity contribution in [2.24, 2.45) is 0 Å². The quantitative estimate of drug-likeness (QED) is 0.779. The molecule has 0 fully saturated rings. The summed E-state index contributed by atoms with van der Waals surface area (Å²) in [6.07, 6.45) is 2.40. The van der Waals surface area contributed by atoms with Gasteiger partial charge in [0.25, 0.3) is 0 Å². The molecule has 0 saturated carbocycles. The van der Waals surface area contributed by atoms with E-state index in [2.05, 4.69) is 11.1 Å². The lowest BCUT2D eigenvalue weighted by Gasteiger charge is -2.11. The first-order chi connectivity index (χ1) is 10.4. The molecular formula is C18H17NO2. The molecular weight excluding hydrogens is 262 g/mol. The number of fused-ring (bicyclic) bond motifs is 1. The number of nitrogens with zero attached hydrogens (tertiary/aromatic N) is 1. The predicted octanol–water partition coefficient (Wildman–Crippen LogP) is 3.35. The highest BCUT2D eigenvalue weighted by atomic mass is 16.5. The fourth-order valence-corrected chi connectivity index (χ4v) is 2.35. The van der Waals surface area contributed by atoms with E-state index in [-0.39, 0.29) is 6.61 Å². The Balaban J connectivity index is 1.77. The minimum Gasteiger partial charge on any atom is -0.489 e. The second-order valence-electron chi connectivity index (χ2n) is 4.90. The number of aliphatic hydroxyl groups excluding tert-OH is 1. The van der Waals surface area contributed by atoms with Crippen LogP contribution in [-0.4, -0.2) is 16.7 Å².